The fourth-order valence-corrected chi connectivity index (χ4v) is 1.39. The minimum Gasteiger partial charge on any atom is -0.490 e. The van der Waals surface area contributed by atoms with Crippen LogP contribution in [-0.2, 0) is 0 Å². The van der Waals surface area contributed by atoms with Gasteiger partial charge in [-0.05, 0) is 12.1 Å². The van der Waals surface area contributed by atoms with E-state index in [0.717, 1.165) is 5.75 Å². The molecule has 6 heteroatoms. The number of hydrogen-bond donors (Lipinski definition) is 1. The van der Waals surface area contributed by atoms with Crippen molar-refractivity contribution in [2.45, 2.75) is 0 Å². The Hall–Kier alpha value is -2.63. The topological polar surface area (TPSA) is 81.5 Å². The maximum absolute atomic E-state index is 10.9. The Kier molecular flexibility index (Phi) is 4.28. The molecule has 0 atom stereocenters. The van der Waals surface area contributed by atoms with E-state index in [4.69, 9.17) is 14.6 Å². The Morgan fingerprint density at radius 2 is 1.74 bits per heavy atom. The largest absolute Gasteiger partial charge is 0.490 e. The second-order valence-electron chi connectivity index (χ2n) is 3.53. The van der Waals surface area contributed by atoms with Gasteiger partial charge in [0.1, 0.15) is 19.0 Å². The van der Waals surface area contributed by atoms with Gasteiger partial charge in [0.25, 0.3) is 0 Å². The van der Waals surface area contributed by atoms with Gasteiger partial charge in [-0.1, -0.05) is 18.2 Å². The molecule has 19 heavy (non-hydrogen) atoms. The average molecular weight is 260 g/mol. The first-order valence-corrected chi connectivity index (χ1v) is 5.62. The third-order valence-corrected chi connectivity index (χ3v) is 2.20. The van der Waals surface area contributed by atoms with E-state index in [1.54, 1.807) is 0 Å². The van der Waals surface area contributed by atoms with Gasteiger partial charge >= 0.3 is 5.97 Å². The molecular formula is C13H12N2O4. The third-order valence-electron chi connectivity index (χ3n) is 2.20. The van der Waals surface area contributed by atoms with E-state index in [2.05, 4.69) is 9.97 Å². The van der Waals surface area contributed by atoms with E-state index in [1.807, 2.05) is 30.3 Å². The molecule has 0 fully saturated rings. The van der Waals surface area contributed by atoms with Crippen LogP contribution in [0.2, 0.25) is 0 Å². The van der Waals surface area contributed by atoms with Crippen LogP contribution in [-0.4, -0.2) is 34.3 Å². The Balaban J connectivity index is 1.85. The summed E-state index contributed by atoms with van der Waals surface area (Å²) in [6, 6.07) is 9.26. The molecule has 0 bridgehead atoms. The number of aromatic carboxylic acids is 1. The normalized spacial score (nSPS) is 9.89. The number of carboxylic acid groups (broad SMARTS) is 1. The lowest BCUT2D eigenvalue weighted by Gasteiger charge is -2.08. The molecule has 0 spiro atoms. The number of carbonyl (C=O) groups is 1. The maximum atomic E-state index is 10.9. The molecule has 0 saturated carbocycles. The predicted octanol–water partition coefficient (Wildman–Crippen LogP) is 1.63. The molecule has 2 rings (SSSR count). The Morgan fingerprint density at radius 1 is 1.05 bits per heavy atom. The molecule has 1 aromatic carbocycles. The van der Waals surface area contributed by atoms with Gasteiger partial charge in [-0.15, -0.1) is 0 Å². The van der Waals surface area contributed by atoms with Gasteiger partial charge in [0.2, 0.25) is 11.6 Å². The van der Waals surface area contributed by atoms with Crippen molar-refractivity contribution in [2.75, 3.05) is 13.2 Å². The summed E-state index contributed by atoms with van der Waals surface area (Å²) in [4.78, 5) is 18.4. The Morgan fingerprint density at radius 3 is 2.47 bits per heavy atom. The number of ether oxygens (including phenoxy) is 2. The minimum atomic E-state index is -1.17. The van der Waals surface area contributed by atoms with Crippen LogP contribution in [0.5, 0.6) is 11.6 Å². The second-order valence-corrected chi connectivity index (χ2v) is 3.53. The highest BCUT2D eigenvalue weighted by molar-refractivity contribution is 5.87. The summed E-state index contributed by atoms with van der Waals surface area (Å²) in [6.07, 6.45) is 2.68. The van der Waals surface area contributed by atoms with Crippen molar-refractivity contribution in [1.82, 2.24) is 9.97 Å². The number of hydrogen-bond acceptors (Lipinski definition) is 5. The van der Waals surface area contributed by atoms with Crippen LogP contribution < -0.4 is 9.47 Å². The average Bonchev–Trinajstić information content (AvgIpc) is 2.45. The highest BCUT2D eigenvalue weighted by Crippen LogP contribution is 2.11. The zero-order valence-electron chi connectivity index (χ0n) is 10.0. The van der Waals surface area contributed by atoms with Crippen molar-refractivity contribution in [1.29, 1.82) is 0 Å². The van der Waals surface area contributed by atoms with Crippen LogP contribution >= 0.6 is 0 Å². The van der Waals surface area contributed by atoms with Crippen molar-refractivity contribution in [3.63, 3.8) is 0 Å². The summed E-state index contributed by atoms with van der Waals surface area (Å²) in [5, 5.41) is 8.89. The number of aromatic nitrogens is 2. The molecule has 6 nitrogen and oxygen atoms in total. The van der Waals surface area contributed by atoms with Crippen molar-refractivity contribution in [2.24, 2.45) is 0 Å². The highest BCUT2D eigenvalue weighted by Gasteiger charge is 2.13. The number of para-hydroxylation sites is 1. The summed E-state index contributed by atoms with van der Waals surface area (Å²) < 4.78 is 10.6. The molecular weight excluding hydrogens is 248 g/mol. The van der Waals surface area contributed by atoms with Crippen LogP contribution in [0.4, 0.5) is 0 Å². The molecule has 1 aromatic heterocycles. The van der Waals surface area contributed by atoms with Gasteiger partial charge < -0.3 is 14.6 Å². The molecule has 0 amide bonds. The van der Waals surface area contributed by atoms with Crippen LogP contribution in [0.3, 0.4) is 0 Å². The maximum Gasteiger partial charge on any atom is 0.360 e. The molecule has 0 unspecified atom stereocenters. The first-order chi connectivity index (χ1) is 9.27. The summed E-state index contributed by atoms with van der Waals surface area (Å²) >= 11 is 0. The standard InChI is InChI=1S/C13H12N2O4/c16-13(17)11-12(15-7-6-14-11)19-9-8-18-10-4-2-1-3-5-10/h1-7H,8-9H2,(H,16,17). The zero-order chi connectivity index (χ0) is 13.5. The van der Waals surface area contributed by atoms with Crippen molar-refractivity contribution >= 4 is 5.97 Å². The number of carboxylic acids is 1. The Labute approximate surface area is 109 Å². The number of rotatable bonds is 6. The third kappa shape index (κ3) is 3.67. The Bertz CT molecular complexity index is 545. The van der Waals surface area contributed by atoms with Crippen molar-refractivity contribution < 1.29 is 19.4 Å². The molecule has 0 radical (unpaired) electrons. The first-order valence-electron chi connectivity index (χ1n) is 5.62. The number of benzene rings is 1. The van der Waals surface area contributed by atoms with Crippen molar-refractivity contribution in [3.05, 3.63) is 48.4 Å². The van der Waals surface area contributed by atoms with E-state index in [1.165, 1.54) is 12.4 Å². The van der Waals surface area contributed by atoms with E-state index in [-0.39, 0.29) is 18.2 Å². The molecule has 98 valence electrons. The van der Waals surface area contributed by atoms with Crippen molar-refractivity contribution in [3.8, 4) is 11.6 Å². The summed E-state index contributed by atoms with van der Waals surface area (Å²) in [7, 11) is 0. The molecule has 1 N–H and O–H groups in total. The van der Waals surface area contributed by atoms with E-state index < -0.39 is 5.97 Å². The van der Waals surface area contributed by atoms with Crippen LogP contribution in [0.25, 0.3) is 0 Å². The molecule has 0 aliphatic carbocycles. The van der Waals surface area contributed by atoms with E-state index >= 15 is 0 Å². The number of nitrogens with zero attached hydrogens (tertiary/aromatic N) is 2. The molecule has 0 saturated heterocycles. The lowest BCUT2D eigenvalue weighted by Crippen LogP contribution is -2.13. The first kappa shape index (κ1) is 12.8. The van der Waals surface area contributed by atoms with Crippen LogP contribution in [0.1, 0.15) is 10.5 Å². The van der Waals surface area contributed by atoms with Gasteiger partial charge in [0, 0.05) is 12.4 Å². The highest BCUT2D eigenvalue weighted by atomic mass is 16.5. The van der Waals surface area contributed by atoms with Gasteiger partial charge in [-0.3, -0.25) is 0 Å². The quantitative estimate of drug-likeness (QED) is 0.795. The van der Waals surface area contributed by atoms with E-state index in [0.29, 0.717) is 6.61 Å². The molecule has 1 heterocycles. The fourth-order valence-electron chi connectivity index (χ4n) is 1.39. The summed E-state index contributed by atoms with van der Waals surface area (Å²) in [5.74, 6) is -0.456. The van der Waals surface area contributed by atoms with Gasteiger partial charge in [-0.2, -0.15) is 0 Å². The van der Waals surface area contributed by atoms with Crippen LogP contribution in [0, 0.1) is 0 Å². The second kappa shape index (κ2) is 6.34. The lowest BCUT2D eigenvalue weighted by molar-refractivity contribution is 0.0682. The molecule has 2 aromatic rings. The minimum absolute atomic E-state index is 0.00772. The van der Waals surface area contributed by atoms with Gasteiger partial charge in [0.15, 0.2) is 0 Å². The SMILES string of the molecule is O=C(O)c1nccnc1OCCOc1ccccc1. The van der Waals surface area contributed by atoms with Gasteiger partial charge in [-0.25, -0.2) is 14.8 Å². The predicted molar refractivity (Wildman–Crippen MR) is 66.4 cm³/mol. The summed E-state index contributed by atoms with van der Waals surface area (Å²) in [6.45, 7) is 0.480. The monoisotopic (exact) mass is 260 g/mol. The zero-order valence-corrected chi connectivity index (χ0v) is 10.0. The van der Waals surface area contributed by atoms with Gasteiger partial charge in [0.05, 0.1) is 0 Å². The van der Waals surface area contributed by atoms with Crippen LogP contribution in [0.15, 0.2) is 42.7 Å². The smallest absolute Gasteiger partial charge is 0.360 e. The fraction of sp³-hybridized carbons (Fsp3) is 0.154. The molecule has 0 aliphatic rings. The summed E-state index contributed by atoms with van der Waals surface area (Å²) in [5.41, 5.74) is -0.206. The molecule has 0 aliphatic heterocycles. The van der Waals surface area contributed by atoms with E-state index in [9.17, 15) is 4.79 Å². The lowest BCUT2D eigenvalue weighted by atomic mass is 10.3.